The molecular formula is C58H72FN11O9S. The third-order valence-corrected chi connectivity index (χ3v) is 17.2. The first-order chi connectivity index (χ1) is 38.7. The molecule has 2 aliphatic carbocycles. The van der Waals surface area contributed by atoms with E-state index < -0.39 is 23.8 Å². The van der Waals surface area contributed by atoms with E-state index in [-0.39, 0.29) is 103 Å². The van der Waals surface area contributed by atoms with Gasteiger partial charge in [0.15, 0.2) is 5.78 Å². The van der Waals surface area contributed by atoms with Crippen LogP contribution in [0, 0.1) is 18.7 Å². The normalized spacial score (nSPS) is 17.9. The van der Waals surface area contributed by atoms with Gasteiger partial charge in [0.1, 0.15) is 40.1 Å². The Hall–Kier alpha value is -7.04. The maximum atomic E-state index is 14.5. The summed E-state index contributed by atoms with van der Waals surface area (Å²) >= 11 is 1.31. The largest absolute Gasteiger partial charge is 0.379 e. The number of piperazine rings is 1. The highest BCUT2D eigenvalue weighted by molar-refractivity contribution is 7.10. The fourth-order valence-corrected chi connectivity index (χ4v) is 12.5. The van der Waals surface area contributed by atoms with Gasteiger partial charge in [0.05, 0.1) is 62.8 Å². The molecule has 5 aromatic rings. The molecule has 4 fully saturated rings. The number of carbonyl (C=O) groups excluding carboxylic acids is 6. The lowest BCUT2D eigenvalue weighted by Gasteiger charge is -2.36. The van der Waals surface area contributed by atoms with E-state index in [0.29, 0.717) is 78.1 Å². The first-order valence-corrected chi connectivity index (χ1v) is 29.0. The number of rotatable bonds is 22. The van der Waals surface area contributed by atoms with E-state index in [2.05, 4.69) is 30.5 Å². The van der Waals surface area contributed by atoms with E-state index >= 15 is 0 Å². The van der Waals surface area contributed by atoms with Crippen molar-refractivity contribution in [2.75, 3.05) is 76.4 Å². The fourth-order valence-electron chi connectivity index (χ4n) is 11.5. The van der Waals surface area contributed by atoms with E-state index in [1.165, 1.54) is 47.4 Å². The van der Waals surface area contributed by atoms with Gasteiger partial charge in [-0.3, -0.25) is 38.1 Å². The Morgan fingerprint density at radius 3 is 2.20 bits per heavy atom. The summed E-state index contributed by atoms with van der Waals surface area (Å²) in [6.07, 6.45) is 13.4. The van der Waals surface area contributed by atoms with Crippen molar-refractivity contribution in [3.05, 3.63) is 97.7 Å². The smallest absolute Gasteiger partial charge is 0.263 e. The van der Waals surface area contributed by atoms with Crippen LogP contribution in [-0.4, -0.2) is 153 Å². The summed E-state index contributed by atoms with van der Waals surface area (Å²) in [7, 11) is 1.57. The van der Waals surface area contributed by atoms with Crippen LogP contribution in [0.2, 0.25) is 0 Å². The second-order valence-electron chi connectivity index (χ2n) is 21.4. The molecule has 1 aromatic carbocycles. The van der Waals surface area contributed by atoms with Crippen LogP contribution in [0.4, 0.5) is 21.8 Å². The molecule has 0 unspecified atom stereocenters. The number of benzene rings is 1. The minimum absolute atomic E-state index is 0.00466. The molecule has 0 bridgehead atoms. The zero-order valence-electron chi connectivity index (χ0n) is 46.1. The van der Waals surface area contributed by atoms with Gasteiger partial charge in [0, 0.05) is 68.3 Å². The number of hydrogen-bond donors (Lipinski definition) is 2. The third kappa shape index (κ3) is 13.4. The van der Waals surface area contributed by atoms with Gasteiger partial charge in [-0.25, -0.2) is 19.3 Å². The Kier molecular flexibility index (Phi) is 19.1. The van der Waals surface area contributed by atoms with Crippen molar-refractivity contribution < 1.29 is 42.6 Å². The quantitative estimate of drug-likeness (QED) is 0.0519. The monoisotopic (exact) mass is 1120 g/mol. The van der Waals surface area contributed by atoms with Gasteiger partial charge >= 0.3 is 0 Å². The SMILES string of the molecule is CC(=O)c1c(C)c2cnc(Nc3ccc(N4CCN(C(=O)CCOCCOCCC(=O)N(C)[C@@H](C)C(=O)N[C@H](C(=O)N5CCC[C@H]5c5nc(C(=O)c6ccc(F)cc6)cs5)C5CCCCC5)CC4)cn3)nc2n(C2CCCC2)c1=O. The standard InChI is InChI=1S/C58H72FN11O9S/c1-36-44-34-61-58(65-53(44)70(42-13-8-9-14-42)56(76)50(36)38(3)71)63-47-21-20-43(33-60-47)67-25-27-68(28-26-67)49(73)23-30-79-32-31-78-29-22-48(72)66(4)37(2)54(75)64-51(39-11-6-5-7-12-39)57(77)69-24-10-15-46(69)55-62-45(35-80-55)52(74)40-16-18-41(59)19-17-40/h16-21,33-35,37,39,42,46,51H,5-15,22-32H2,1-4H3,(H,64,75)(H,60,61,63,65)/t37-,46-,51-/m0/s1. The van der Waals surface area contributed by atoms with Crippen molar-refractivity contribution in [2.24, 2.45) is 5.92 Å². The minimum Gasteiger partial charge on any atom is -0.379 e. The number of pyridine rings is 2. The van der Waals surface area contributed by atoms with Crippen molar-refractivity contribution in [3.63, 3.8) is 0 Å². The van der Waals surface area contributed by atoms with Gasteiger partial charge < -0.3 is 39.7 Å². The molecule has 426 valence electrons. The second kappa shape index (κ2) is 26.5. The first kappa shape index (κ1) is 57.6. The molecule has 0 radical (unpaired) electrons. The summed E-state index contributed by atoms with van der Waals surface area (Å²) in [4.78, 5) is 120. The number of hydrogen-bond acceptors (Lipinski definition) is 16. The topological polar surface area (TPSA) is 231 Å². The highest BCUT2D eigenvalue weighted by Crippen LogP contribution is 2.37. The molecule has 2 N–H and O–H groups in total. The summed E-state index contributed by atoms with van der Waals surface area (Å²) in [6, 6.07) is 7.10. The second-order valence-corrected chi connectivity index (χ2v) is 22.3. The molecule has 2 saturated heterocycles. The Bertz CT molecular complexity index is 3100. The lowest BCUT2D eigenvalue weighted by Crippen LogP contribution is -2.56. The highest BCUT2D eigenvalue weighted by atomic mass is 32.1. The Morgan fingerprint density at radius 2 is 1.51 bits per heavy atom. The van der Waals surface area contributed by atoms with Crippen LogP contribution in [0.25, 0.3) is 11.0 Å². The van der Waals surface area contributed by atoms with Crippen LogP contribution in [0.3, 0.4) is 0 Å². The summed E-state index contributed by atoms with van der Waals surface area (Å²) in [6.45, 7) is 8.47. The van der Waals surface area contributed by atoms with Gasteiger partial charge in [-0.15, -0.1) is 11.3 Å². The molecule has 3 atom stereocenters. The van der Waals surface area contributed by atoms with Gasteiger partial charge in [-0.1, -0.05) is 32.1 Å². The number of anilines is 3. The first-order valence-electron chi connectivity index (χ1n) is 28.1. The molecule has 4 aliphatic rings. The number of halogens is 1. The molecule has 4 amide bonds. The van der Waals surface area contributed by atoms with Crippen LogP contribution >= 0.6 is 11.3 Å². The van der Waals surface area contributed by atoms with Gasteiger partial charge in [-0.2, -0.15) is 4.98 Å². The number of aromatic nitrogens is 5. The number of thiazole rings is 1. The summed E-state index contributed by atoms with van der Waals surface area (Å²) in [5.41, 5.74) is 2.45. The Labute approximate surface area is 468 Å². The summed E-state index contributed by atoms with van der Waals surface area (Å²) < 4.78 is 26.6. The molecule has 0 spiro atoms. The number of nitrogens with zero attached hydrogens (tertiary/aromatic N) is 9. The number of fused-ring (bicyclic) bond motifs is 1. The van der Waals surface area contributed by atoms with Gasteiger partial charge in [0.2, 0.25) is 35.4 Å². The number of Topliss-reactive ketones (excluding diaryl/α,β-unsaturated/α-hetero) is 1. The maximum absolute atomic E-state index is 14.5. The fraction of sp³-hybridized carbons (Fsp3) is 0.534. The highest BCUT2D eigenvalue weighted by Gasteiger charge is 2.41. The molecular weight excluding hydrogens is 1050 g/mol. The molecule has 2 saturated carbocycles. The Morgan fingerprint density at radius 1 is 0.812 bits per heavy atom. The number of ketones is 2. The molecule has 80 heavy (non-hydrogen) atoms. The maximum Gasteiger partial charge on any atom is 0.263 e. The zero-order valence-corrected chi connectivity index (χ0v) is 46.9. The predicted octanol–water partition coefficient (Wildman–Crippen LogP) is 7.12. The van der Waals surface area contributed by atoms with Crippen LogP contribution in [0.1, 0.15) is 146 Å². The van der Waals surface area contributed by atoms with Crippen LogP contribution in [-0.2, 0) is 28.7 Å². The van der Waals surface area contributed by atoms with E-state index in [9.17, 15) is 38.0 Å². The lowest BCUT2D eigenvalue weighted by molar-refractivity contribution is -0.143. The number of likely N-dealkylation sites (tertiary alicyclic amines) is 1. The molecule has 20 nitrogen and oxygen atoms in total. The average molecular weight is 1120 g/mol. The van der Waals surface area contributed by atoms with E-state index in [4.69, 9.17) is 14.5 Å². The number of nitrogens with one attached hydrogen (secondary N) is 2. The Balaban J connectivity index is 0.669. The van der Waals surface area contributed by atoms with E-state index in [0.717, 1.165) is 69.9 Å². The number of likely N-dealkylation sites (N-methyl/N-ethyl adjacent to an activating group) is 1. The average Bonchev–Trinajstić information content (AvgIpc) is 4.34. The van der Waals surface area contributed by atoms with Crippen molar-refractivity contribution in [1.29, 1.82) is 0 Å². The van der Waals surface area contributed by atoms with Crippen molar-refractivity contribution in [3.8, 4) is 0 Å². The lowest BCUT2D eigenvalue weighted by atomic mass is 9.83. The zero-order chi connectivity index (χ0) is 56.5. The van der Waals surface area contributed by atoms with E-state index in [1.54, 1.807) is 48.1 Å². The van der Waals surface area contributed by atoms with Gasteiger partial charge in [-0.05, 0) is 107 Å². The van der Waals surface area contributed by atoms with Crippen LogP contribution in [0.5, 0.6) is 0 Å². The number of amides is 4. The summed E-state index contributed by atoms with van der Waals surface area (Å²) in [5.74, 6) is -1.17. The van der Waals surface area contributed by atoms with E-state index in [1.807, 2.05) is 17.0 Å². The van der Waals surface area contributed by atoms with Crippen molar-refractivity contribution in [2.45, 2.75) is 128 Å². The molecule has 22 heteroatoms. The number of ether oxygens (including phenoxy) is 2. The predicted molar refractivity (Wildman–Crippen MR) is 300 cm³/mol. The number of aryl methyl sites for hydroxylation is 1. The molecule has 2 aliphatic heterocycles. The number of carbonyl (C=O) groups is 6. The van der Waals surface area contributed by atoms with Crippen molar-refractivity contribution >= 4 is 75.0 Å². The summed E-state index contributed by atoms with van der Waals surface area (Å²) in [5, 5.41) is 9.21. The van der Waals surface area contributed by atoms with Gasteiger partial charge in [0.25, 0.3) is 5.56 Å². The third-order valence-electron chi connectivity index (χ3n) is 16.2. The molecule has 6 heterocycles. The van der Waals surface area contributed by atoms with Crippen molar-refractivity contribution in [1.82, 2.24) is 44.5 Å². The molecule has 4 aromatic heterocycles. The van der Waals surface area contributed by atoms with Crippen LogP contribution < -0.4 is 21.1 Å². The van der Waals surface area contributed by atoms with Crippen LogP contribution in [0.15, 0.2) is 59.0 Å². The molecule has 9 rings (SSSR count). The minimum atomic E-state index is -0.856.